The van der Waals surface area contributed by atoms with E-state index in [0.29, 0.717) is 37.6 Å². The highest BCUT2D eigenvalue weighted by molar-refractivity contribution is 6.04. The van der Waals surface area contributed by atoms with Crippen LogP contribution in [0.4, 0.5) is 5.69 Å². The molecule has 2 amide bonds. The van der Waals surface area contributed by atoms with Crippen LogP contribution in [0.5, 0.6) is 0 Å². The average molecular weight is 413 g/mol. The first-order valence-electron chi connectivity index (χ1n) is 8.11. The van der Waals surface area contributed by atoms with Crippen molar-refractivity contribution in [1.82, 2.24) is 15.6 Å². The zero-order chi connectivity index (χ0) is 17.5. The van der Waals surface area contributed by atoms with E-state index in [9.17, 15) is 9.59 Å². The van der Waals surface area contributed by atoms with Crippen molar-refractivity contribution >= 4 is 42.3 Å². The standard InChI is InChI=1S/C18H20N4O3.2ClH/c23-17(14-4-6-19-7-5-14)22-15-3-1-2-13(10-15)11-21-18(24)16-12-25-9-8-20-16;;/h1-7,10,16,20H,8-9,11-12H2,(H,21,24)(H,22,23);2*1H. The third-order valence-corrected chi connectivity index (χ3v) is 3.83. The molecule has 0 aliphatic carbocycles. The van der Waals surface area contributed by atoms with Crippen LogP contribution in [0.25, 0.3) is 0 Å². The molecular formula is C18H22Cl2N4O3. The lowest BCUT2D eigenvalue weighted by Crippen LogP contribution is -2.51. The van der Waals surface area contributed by atoms with Crippen LogP contribution in [0.1, 0.15) is 15.9 Å². The van der Waals surface area contributed by atoms with E-state index in [1.165, 1.54) is 0 Å². The Morgan fingerprint density at radius 2 is 1.96 bits per heavy atom. The smallest absolute Gasteiger partial charge is 0.255 e. The van der Waals surface area contributed by atoms with Gasteiger partial charge in [-0.1, -0.05) is 12.1 Å². The van der Waals surface area contributed by atoms with Gasteiger partial charge in [0, 0.05) is 36.7 Å². The molecule has 1 unspecified atom stereocenters. The second kappa shape index (κ2) is 11.5. The number of carbonyl (C=O) groups is 2. The quantitative estimate of drug-likeness (QED) is 0.695. The molecule has 0 radical (unpaired) electrons. The van der Waals surface area contributed by atoms with E-state index in [0.717, 1.165) is 5.56 Å². The van der Waals surface area contributed by atoms with Crippen molar-refractivity contribution in [2.24, 2.45) is 0 Å². The lowest BCUT2D eigenvalue weighted by atomic mass is 10.1. The molecule has 1 aromatic heterocycles. The first kappa shape index (κ1) is 22.9. The number of nitrogens with zero attached hydrogens (tertiary/aromatic N) is 1. The maximum absolute atomic E-state index is 12.2. The zero-order valence-corrected chi connectivity index (χ0v) is 16.1. The molecule has 7 nitrogen and oxygen atoms in total. The molecule has 2 heterocycles. The van der Waals surface area contributed by atoms with E-state index in [1.54, 1.807) is 30.6 Å². The summed E-state index contributed by atoms with van der Waals surface area (Å²) < 4.78 is 5.28. The molecule has 1 atom stereocenters. The summed E-state index contributed by atoms with van der Waals surface area (Å²) in [6.07, 6.45) is 3.15. The number of morpholine rings is 1. The second-order valence-electron chi connectivity index (χ2n) is 5.69. The van der Waals surface area contributed by atoms with Crippen molar-refractivity contribution in [3.63, 3.8) is 0 Å². The highest BCUT2D eigenvalue weighted by Crippen LogP contribution is 2.12. The summed E-state index contributed by atoms with van der Waals surface area (Å²) in [5.74, 6) is -0.293. The Kier molecular flexibility index (Phi) is 9.74. The third-order valence-electron chi connectivity index (χ3n) is 3.83. The van der Waals surface area contributed by atoms with Crippen LogP contribution in [0, 0.1) is 0 Å². The van der Waals surface area contributed by atoms with Crippen LogP contribution in [0.15, 0.2) is 48.8 Å². The van der Waals surface area contributed by atoms with E-state index in [-0.39, 0.29) is 42.7 Å². The summed E-state index contributed by atoms with van der Waals surface area (Å²) in [4.78, 5) is 28.2. The molecule has 27 heavy (non-hydrogen) atoms. The van der Waals surface area contributed by atoms with Gasteiger partial charge in [-0.15, -0.1) is 24.8 Å². The van der Waals surface area contributed by atoms with Crippen LogP contribution in [-0.2, 0) is 16.1 Å². The molecule has 1 aromatic carbocycles. The minimum Gasteiger partial charge on any atom is -0.378 e. The lowest BCUT2D eigenvalue weighted by molar-refractivity contribution is -0.126. The number of hydrogen-bond acceptors (Lipinski definition) is 5. The number of halogens is 2. The fourth-order valence-electron chi connectivity index (χ4n) is 2.51. The van der Waals surface area contributed by atoms with E-state index >= 15 is 0 Å². The molecule has 1 aliphatic heterocycles. The van der Waals surface area contributed by atoms with E-state index in [4.69, 9.17) is 4.74 Å². The molecule has 1 aliphatic rings. The predicted molar refractivity (Wildman–Crippen MR) is 108 cm³/mol. The van der Waals surface area contributed by atoms with Crippen molar-refractivity contribution in [3.8, 4) is 0 Å². The SMILES string of the molecule is Cl.Cl.O=C(Nc1cccc(CNC(=O)C2COCCN2)c1)c1ccncc1. The average Bonchev–Trinajstić information content (AvgIpc) is 2.68. The largest absolute Gasteiger partial charge is 0.378 e. The Morgan fingerprint density at radius 1 is 1.19 bits per heavy atom. The minimum absolute atomic E-state index is 0. The number of nitrogens with one attached hydrogen (secondary N) is 3. The first-order chi connectivity index (χ1) is 12.2. The van der Waals surface area contributed by atoms with Gasteiger partial charge in [-0.05, 0) is 29.8 Å². The molecule has 9 heteroatoms. The summed E-state index contributed by atoms with van der Waals surface area (Å²) in [7, 11) is 0. The highest BCUT2D eigenvalue weighted by Gasteiger charge is 2.20. The number of amides is 2. The monoisotopic (exact) mass is 412 g/mol. The van der Waals surface area contributed by atoms with Gasteiger partial charge in [0.05, 0.1) is 13.2 Å². The molecule has 0 spiro atoms. The molecule has 3 N–H and O–H groups in total. The number of carbonyl (C=O) groups excluding carboxylic acids is 2. The van der Waals surface area contributed by atoms with Crippen molar-refractivity contribution in [3.05, 3.63) is 59.9 Å². The summed E-state index contributed by atoms with van der Waals surface area (Å²) in [6.45, 7) is 2.07. The zero-order valence-electron chi connectivity index (χ0n) is 14.5. The van der Waals surface area contributed by atoms with Gasteiger partial charge in [0.25, 0.3) is 5.91 Å². The molecule has 0 saturated carbocycles. The number of anilines is 1. The number of rotatable bonds is 5. The van der Waals surface area contributed by atoms with Gasteiger partial charge in [0.15, 0.2) is 0 Å². The van der Waals surface area contributed by atoms with Crippen LogP contribution >= 0.6 is 24.8 Å². The van der Waals surface area contributed by atoms with Crippen LogP contribution in [-0.4, -0.2) is 42.6 Å². The summed E-state index contributed by atoms with van der Waals surface area (Å²) in [5.41, 5.74) is 2.11. The Bertz CT molecular complexity index is 740. The van der Waals surface area contributed by atoms with Gasteiger partial charge in [-0.2, -0.15) is 0 Å². The minimum atomic E-state index is -0.316. The lowest BCUT2D eigenvalue weighted by Gasteiger charge is -2.22. The number of benzene rings is 1. The van der Waals surface area contributed by atoms with Crippen molar-refractivity contribution in [1.29, 1.82) is 0 Å². The van der Waals surface area contributed by atoms with E-state index in [2.05, 4.69) is 20.9 Å². The number of ether oxygens (including phenoxy) is 1. The molecule has 1 fully saturated rings. The fraction of sp³-hybridized carbons (Fsp3) is 0.278. The van der Waals surface area contributed by atoms with Gasteiger partial charge < -0.3 is 20.7 Å². The molecule has 146 valence electrons. The van der Waals surface area contributed by atoms with Gasteiger partial charge in [0.1, 0.15) is 6.04 Å². The van der Waals surface area contributed by atoms with Crippen molar-refractivity contribution in [2.45, 2.75) is 12.6 Å². The van der Waals surface area contributed by atoms with Gasteiger partial charge in [-0.25, -0.2) is 0 Å². The molecule has 3 rings (SSSR count). The molecular weight excluding hydrogens is 391 g/mol. The van der Waals surface area contributed by atoms with Gasteiger partial charge in [-0.3, -0.25) is 14.6 Å². The van der Waals surface area contributed by atoms with Gasteiger partial charge in [0.2, 0.25) is 5.91 Å². The van der Waals surface area contributed by atoms with E-state index in [1.807, 2.05) is 18.2 Å². The Morgan fingerprint density at radius 3 is 2.67 bits per heavy atom. The molecule has 1 saturated heterocycles. The Hall–Kier alpha value is -2.19. The van der Waals surface area contributed by atoms with E-state index < -0.39 is 0 Å². The Labute approximate surface area is 170 Å². The van der Waals surface area contributed by atoms with Crippen molar-refractivity contribution in [2.75, 3.05) is 25.1 Å². The summed E-state index contributed by atoms with van der Waals surface area (Å²) in [6, 6.07) is 10.4. The summed E-state index contributed by atoms with van der Waals surface area (Å²) in [5, 5.41) is 8.83. The highest BCUT2D eigenvalue weighted by atomic mass is 35.5. The third kappa shape index (κ3) is 6.80. The van der Waals surface area contributed by atoms with Crippen molar-refractivity contribution < 1.29 is 14.3 Å². The van der Waals surface area contributed by atoms with Crippen LogP contribution < -0.4 is 16.0 Å². The number of pyridine rings is 1. The number of aromatic nitrogens is 1. The first-order valence-corrected chi connectivity index (χ1v) is 8.11. The summed E-state index contributed by atoms with van der Waals surface area (Å²) >= 11 is 0. The predicted octanol–water partition coefficient (Wildman–Crippen LogP) is 1.78. The Balaban J connectivity index is 0.00000182. The van der Waals surface area contributed by atoms with Crippen LogP contribution in [0.3, 0.4) is 0 Å². The maximum Gasteiger partial charge on any atom is 0.255 e. The second-order valence-corrected chi connectivity index (χ2v) is 5.69. The topological polar surface area (TPSA) is 92.4 Å². The number of hydrogen-bond donors (Lipinski definition) is 3. The van der Waals surface area contributed by atoms with Crippen LogP contribution in [0.2, 0.25) is 0 Å². The normalized spacial score (nSPS) is 15.6. The van der Waals surface area contributed by atoms with Gasteiger partial charge >= 0.3 is 0 Å². The maximum atomic E-state index is 12.2. The molecule has 2 aromatic rings. The molecule has 0 bridgehead atoms. The fourth-order valence-corrected chi connectivity index (χ4v) is 2.51.